The van der Waals surface area contributed by atoms with Gasteiger partial charge in [0.1, 0.15) is 22.7 Å². The predicted octanol–water partition coefficient (Wildman–Crippen LogP) is 10.4. The third-order valence-electron chi connectivity index (χ3n) is 12.8. The first kappa shape index (κ1) is 61.1. The van der Waals surface area contributed by atoms with Gasteiger partial charge in [0.05, 0.1) is 91.0 Å². The molecule has 0 aliphatic rings. The quantitative estimate of drug-likeness (QED) is 0.0357. The number of aromatic nitrogens is 6. The molecular weight excluding hydrogens is 1000 g/mol. The van der Waals surface area contributed by atoms with E-state index in [1.54, 1.807) is 93.2 Å². The van der Waals surface area contributed by atoms with Crippen LogP contribution in [0.15, 0.2) is 48.8 Å². The van der Waals surface area contributed by atoms with Crippen LogP contribution in [0.4, 0.5) is 32.6 Å². The summed E-state index contributed by atoms with van der Waals surface area (Å²) in [7, 11) is 9.37. The molecule has 424 valence electrons. The number of hydrogen-bond acceptors (Lipinski definition) is 20. The molecular formula is C56H80N12O10. The third kappa shape index (κ3) is 16.6. The highest BCUT2D eigenvalue weighted by Gasteiger charge is 2.21. The number of ether oxygens (including phenoxy) is 8. The molecule has 2 atom stereocenters. The molecule has 0 saturated carbocycles. The highest BCUT2D eigenvalue weighted by molar-refractivity contribution is 5.93. The van der Waals surface area contributed by atoms with E-state index in [9.17, 15) is 9.59 Å². The number of carbonyl (C=O) groups excluding carboxylic acids is 2. The second-order valence-electron chi connectivity index (χ2n) is 17.9. The minimum atomic E-state index is -0.587. The van der Waals surface area contributed by atoms with Crippen LogP contribution in [-0.2, 0) is 9.47 Å². The molecule has 4 aromatic heterocycles. The van der Waals surface area contributed by atoms with E-state index in [-0.39, 0.29) is 25.3 Å². The molecule has 4 heterocycles. The van der Waals surface area contributed by atoms with E-state index in [1.807, 2.05) is 12.1 Å². The lowest BCUT2D eigenvalue weighted by atomic mass is 10.1. The summed E-state index contributed by atoms with van der Waals surface area (Å²) in [6, 6.07) is 11.1. The Morgan fingerprint density at radius 2 is 0.897 bits per heavy atom. The SMILES string of the molecule is CCOC(=O)Nc1cc(NC(C)CCCN(CC)CC)c2nc(-c3cc(OC)c(OC)c(OC)c3)cnc2n1.CCOC(=O)Nc1cc(NC(C)CCCN(CC)CC)c2ncc(-c3cc(OC)c(OC)c(OC)c3)nc2n1. The zero-order valence-corrected chi connectivity index (χ0v) is 47.9. The predicted molar refractivity (Wildman–Crippen MR) is 306 cm³/mol. The van der Waals surface area contributed by atoms with Crippen LogP contribution in [0.3, 0.4) is 0 Å². The first-order valence-corrected chi connectivity index (χ1v) is 26.6. The summed E-state index contributed by atoms with van der Waals surface area (Å²) in [5, 5.41) is 12.5. The van der Waals surface area contributed by atoms with E-state index >= 15 is 0 Å². The summed E-state index contributed by atoms with van der Waals surface area (Å²) >= 11 is 0. The van der Waals surface area contributed by atoms with E-state index in [0.29, 0.717) is 91.1 Å². The summed E-state index contributed by atoms with van der Waals surface area (Å²) in [6.07, 6.45) is 6.18. The molecule has 6 aromatic rings. The summed E-state index contributed by atoms with van der Waals surface area (Å²) in [5.41, 5.74) is 5.98. The van der Waals surface area contributed by atoms with Crippen molar-refractivity contribution >= 4 is 57.5 Å². The van der Waals surface area contributed by atoms with Crippen LogP contribution >= 0.6 is 0 Å². The number of amides is 2. The van der Waals surface area contributed by atoms with Gasteiger partial charge in [0, 0.05) is 35.3 Å². The normalized spacial score (nSPS) is 11.8. The van der Waals surface area contributed by atoms with Crippen LogP contribution in [0.25, 0.3) is 44.8 Å². The largest absolute Gasteiger partial charge is 0.493 e. The number of nitrogens with zero attached hydrogens (tertiary/aromatic N) is 8. The van der Waals surface area contributed by atoms with Crippen LogP contribution in [0.1, 0.15) is 81.1 Å². The molecule has 0 radical (unpaired) electrons. The zero-order valence-electron chi connectivity index (χ0n) is 47.9. The van der Waals surface area contributed by atoms with Crippen LogP contribution in [0, 0.1) is 0 Å². The van der Waals surface area contributed by atoms with Crippen LogP contribution in [-0.4, -0.2) is 159 Å². The topological polar surface area (TPSA) is 240 Å². The average Bonchev–Trinajstić information content (AvgIpc) is 3.45. The first-order chi connectivity index (χ1) is 37.7. The Morgan fingerprint density at radius 3 is 1.29 bits per heavy atom. The fourth-order valence-corrected chi connectivity index (χ4v) is 8.62. The van der Waals surface area contributed by atoms with Gasteiger partial charge >= 0.3 is 12.2 Å². The monoisotopic (exact) mass is 1080 g/mol. The highest BCUT2D eigenvalue weighted by atomic mass is 16.6. The standard InChI is InChI=1S/2C28H40N6O5/c1-8-34(9-2)13-11-12-18(4)30-20-16-24(33-28(35)39-10-3)32-27-25(20)31-21(17-29-27)19-14-22(36-5)26(38-7)23(15-19)37-6;1-8-34(9-2)13-11-12-18(4)30-20-16-24(33-28(35)39-10-3)32-27-25(20)29-17-21(31-27)19-14-22(36-5)26(38-7)23(15-19)37-6/h14-18H,8-13H2,1-7H3,(H2,29,30,32,33,35);14-18H,8-13H2,1-7H3,(H2,30,31,32,33,35). The van der Waals surface area contributed by atoms with Crippen LogP contribution in [0.2, 0.25) is 0 Å². The number of fused-ring (bicyclic) bond motifs is 2. The smallest absolute Gasteiger partial charge is 0.412 e. The van der Waals surface area contributed by atoms with Crippen LogP contribution < -0.4 is 49.7 Å². The summed E-state index contributed by atoms with van der Waals surface area (Å²) in [5.74, 6) is 3.65. The molecule has 78 heavy (non-hydrogen) atoms. The molecule has 2 unspecified atom stereocenters. The maximum Gasteiger partial charge on any atom is 0.412 e. The second-order valence-corrected chi connectivity index (χ2v) is 17.9. The van der Waals surface area contributed by atoms with Gasteiger partial charge in [-0.1, -0.05) is 27.7 Å². The van der Waals surface area contributed by atoms with Gasteiger partial charge in [-0.05, 0) is 117 Å². The van der Waals surface area contributed by atoms with Crippen molar-refractivity contribution in [3.8, 4) is 57.0 Å². The maximum absolute atomic E-state index is 12.2. The zero-order chi connectivity index (χ0) is 56.7. The molecule has 0 fully saturated rings. The van der Waals surface area contributed by atoms with E-state index in [1.165, 1.54) is 0 Å². The van der Waals surface area contributed by atoms with Gasteiger partial charge in [0.2, 0.25) is 11.5 Å². The number of methoxy groups -OCH3 is 6. The molecule has 2 amide bonds. The Bertz CT molecular complexity index is 2840. The van der Waals surface area contributed by atoms with Crippen molar-refractivity contribution in [2.24, 2.45) is 0 Å². The van der Waals surface area contributed by atoms with Gasteiger partial charge < -0.3 is 58.3 Å². The second kappa shape index (κ2) is 30.9. The molecule has 22 heteroatoms. The molecule has 6 rings (SSSR count). The van der Waals surface area contributed by atoms with Gasteiger partial charge in [0.25, 0.3) is 0 Å². The van der Waals surface area contributed by atoms with Gasteiger partial charge in [-0.2, -0.15) is 0 Å². The number of rotatable bonds is 28. The summed E-state index contributed by atoms with van der Waals surface area (Å²) < 4.78 is 43.0. The van der Waals surface area contributed by atoms with Crippen molar-refractivity contribution in [3.63, 3.8) is 0 Å². The molecule has 0 spiro atoms. The van der Waals surface area contributed by atoms with E-state index in [4.69, 9.17) is 52.8 Å². The number of anilines is 4. The van der Waals surface area contributed by atoms with Gasteiger partial charge in [-0.25, -0.2) is 39.5 Å². The third-order valence-corrected chi connectivity index (χ3v) is 12.8. The average molecular weight is 1080 g/mol. The van der Waals surface area contributed by atoms with E-state index < -0.39 is 12.2 Å². The van der Waals surface area contributed by atoms with E-state index in [0.717, 1.165) is 76.2 Å². The number of benzene rings is 2. The Kier molecular flexibility index (Phi) is 24.2. The molecule has 4 N–H and O–H groups in total. The van der Waals surface area contributed by atoms with Crippen molar-refractivity contribution in [1.82, 2.24) is 39.7 Å². The lowest BCUT2D eigenvalue weighted by molar-refractivity contribution is 0.167. The summed E-state index contributed by atoms with van der Waals surface area (Å²) in [4.78, 5) is 57.1. The molecule has 0 aliphatic carbocycles. The Labute approximate surface area is 458 Å². The van der Waals surface area contributed by atoms with Crippen molar-refractivity contribution in [2.45, 2.75) is 93.2 Å². The lowest BCUT2D eigenvalue weighted by Crippen LogP contribution is -2.25. The highest BCUT2D eigenvalue weighted by Crippen LogP contribution is 2.42. The van der Waals surface area contributed by atoms with Crippen molar-refractivity contribution < 1.29 is 47.5 Å². The Morgan fingerprint density at radius 1 is 0.500 bits per heavy atom. The molecule has 0 saturated heterocycles. The molecule has 0 bridgehead atoms. The lowest BCUT2D eigenvalue weighted by Gasteiger charge is -2.21. The van der Waals surface area contributed by atoms with Crippen LogP contribution in [0.5, 0.6) is 34.5 Å². The van der Waals surface area contributed by atoms with Gasteiger partial charge in [-0.15, -0.1) is 0 Å². The number of hydrogen-bond donors (Lipinski definition) is 4. The minimum Gasteiger partial charge on any atom is -0.493 e. The molecule has 2 aromatic carbocycles. The number of nitrogens with one attached hydrogen (secondary N) is 4. The molecule has 0 aliphatic heterocycles. The van der Waals surface area contributed by atoms with Gasteiger partial charge in [-0.3, -0.25) is 10.6 Å². The maximum atomic E-state index is 12.2. The van der Waals surface area contributed by atoms with Gasteiger partial charge in [0.15, 0.2) is 34.3 Å². The Hall–Kier alpha value is -7.72. The van der Waals surface area contributed by atoms with Crippen molar-refractivity contribution in [3.05, 3.63) is 48.8 Å². The molecule has 22 nitrogen and oxygen atoms in total. The number of pyridine rings is 2. The number of carbonyl (C=O) groups is 2. The fourth-order valence-electron chi connectivity index (χ4n) is 8.62. The van der Waals surface area contributed by atoms with Crippen molar-refractivity contribution in [2.75, 3.05) is 116 Å². The van der Waals surface area contributed by atoms with E-state index in [2.05, 4.69) is 87.6 Å². The first-order valence-electron chi connectivity index (χ1n) is 26.6. The fraction of sp³-hybridized carbons (Fsp3) is 0.500. The Balaban J connectivity index is 0.000000287. The summed E-state index contributed by atoms with van der Waals surface area (Å²) in [6.45, 7) is 23.2. The van der Waals surface area contributed by atoms with Crippen molar-refractivity contribution in [1.29, 1.82) is 0 Å². The minimum absolute atomic E-state index is 0.147.